The topological polar surface area (TPSA) is 78.9 Å². The number of ether oxygens (including phenoxy) is 3. The molecule has 0 bridgehead atoms. The van der Waals surface area contributed by atoms with E-state index in [9.17, 15) is 14.4 Å². The average molecular weight is 1150 g/mol. The number of allylic oxidation sites excluding steroid dienone is 19. The molecule has 0 aliphatic carbocycles. The normalized spacial score (nSPS) is 12.9. The lowest BCUT2D eigenvalue weighted by atomic mass is 10.0. The van der Waals surface area contributed by atoms with Crippen LogP contribution in [0.4, 0.5) is 0 Å². The van der Waals surface area contributed by atoms with Gasteiger partial charge in [-0.15, -0.1) is 0 Å². The highest BCUT2D eigenvalue weighted by atomic mass is 16.6. The van der Waals surface area contributed by atoms with Crippen LogP contribution in [0, 0.1) is 0 Å². The van der Waals surface area contributed by atoms with Crippen LogP contribution in [-0.2, 0) is 28.6 Å². The van der Waals surface area contributed by atoms with Crippen LogP contribution in [0.5, 0.6) is 0 Å². The second kappa shape index (κ2) is 70.3. The highest BCUT2D eigenvalue weighted by molar-refractivity contribution is 5.72. The Morgan fingerprint density at radius 3 is 0.843 bits per heavy atom. The molecule has 0 saturated carbocycles. The third-order valence-electron chi connectivity index (χ3n) is 15.0. The Morgan fingerprint density at radius 2 is 0.518 bits per heavy atom. The summed E-state index contributed by atoms with van der Waals surface area (Å²) in [6.07, 6.45) is 98.2. The van der Waals surface area contributed by atoms with Crippen LogP contribution in [0.2, 0.25) is 0 Å². The fourth-order valence-electron chi connectivity index (χ4n) is 9.73. The Labute approximate surface area is 513 Å². The van der Waals surface area contributed by atoms with Gasteiger partial charge in [0.05, 0.1) is 6.42 Å². The van der Waals surface area contributed by atoms with Gasteiger partial charge in [0, 0.05) is 12.8 Å². The van der Waals surface area contributed by atoms with E-state index >= 15 is 0 Å². The van der Waals surface area contributed by atoms with Gasteiger partial charge in [0.1, 0.15) is 13.2 Å². The molecule has 0 rings (SSSR count). The molecule has 0 spiro atoms. The second-order valence-corrected chi connectivity index (χ2v) is 23.1. The van der Waals surface area contributed by atoms with Gasteiger partial charge in [-0.3, -0.25) is 14.4 Å². The van der Waals surface area contributed by atoms with E-state index in [4.69, 9.17) is 14.2 Å². The van der Waals surface area contributed by atoms with E-state index in [0.29, 0.717) is 12.8 Å². The van der Waals surface area contributed by atoms with E-state index in [0.717, 1.165) is 89.9 Å². The van der Waals surface area contributed by atoms with Crippen molar-refractivity contribution < 1.29 is 28.6 Å². The summed E-state index contributed by atoms with van der Waals surface area (Å²) in [5.74, 6) is -1.04. The van der Waals surface area contributed by atoms with Crippen molar-refractivity contribution in [3.05, 3.63) is 122 Å². The van der Waals surface area contributed by atoms with Gasteiger partial charge in [0.2, 0.25) is 0 Å². The third kappa shape index (κ3) is 68.5. The summed E-state index contributed by atoms with van der Waals surface area (Å²) in [6, 6.07) is 0. The van der Waals surface area contributed by atoms with Crippen LogP contribution in [-0.4, -0.2) is 37.2 Å². The van der Waals surface area contributed by atoms with E-state index in [-0.39, 0.29) is 31.6 Å². The van der Waals surface area contributed by atoms with Gasteiger partial charge in [0.25, 0.3) is 0 Å². The summed E-state index contributed by atoms with van der Waals surface area (Å²) in [5.41, 5.74) is 0. The Kier molecular flexibility index (Phi) is 66.7. The Bertz CT molecular complexity index is 1700. The van der Waals surface area contributed by atoms with Crippen LogP contribution < -0.4 is 0 Å². The number of esters is 3. The minimum absolute atomic E-state index is 0.111. The quantitative estimate of drug-likeness (QED) is 0.0261. The fraction of sp³-hybridized carbons (Fsp3) is 0.701. The highest BCUT2D eigenvalue weighted by Crippen LogP contribution is 2.16. The van der Waals surface area contributed by atoms with Gasteiger partial charge in [-0.1, -0.05) is 316 Å². The molecule has 6 heteroatoms. The lowest BCUT2D eigenvalue weighted by Gasteiger charge is -2.18. The van der Waals surface area contributed by atoms with Crippen molar-refractivity contribution in [1.29, 1.82) is 0 Å². The van der Waals surface area contributed by atoms with Crippen LogP contribution in [0.25, 0.3) is 0 Å². The number of hydrogen-bond acceptors (Lipinski definition) is 6. The van der Waals surface area contributed by atoms with Crippen molar-refractivity contribution in [2.45, 2.75) is 335 Å². The lowest BCUT2D eigenvalue weighted by molar-refractivity contribution is -0.166. The summed E-state index contributed by atoms with van der Waals surface area (Å²) < 4.78 is 16.9. The molecule has 474 valence electrons. The lowest BCUT2D eigenvalue weighted by Crippen LogP contribution is -2.30. The van der Waals surface area contributed by atoms with Gasteiger partial charge in [0.15, 0.2) is 6.10 Å². The summed E-state index contributed by atoms with van der Waals surface area (Å²) in [7, 11) is 0. The molecule has 6 nitrogen and oxygen atoms in total. The summed E-state index contributed by atoms with van der Waals surface area (Å²) in [6.45, 7) is 6.44. The van der Waals surface area contributed by atoms with E-state index in [1.807, 2.05) is 6.08 Å². The van der Waals surface area contributed by atoms with Crippen molar-refractivity contribution in [1.82, 2.24) is 0 Å². The minimum Gasteiger partial charge on any atom is -0.462 e. The molecule has 0 aromatic carbocycles. The molecule has 0 aromatic heterocycles. The van der Waals surface area contributed by atoms with Gasteiger partial charge < -0.3 is 14.2 Å². The standard InChI is InChI=1S/C77H130O6/c1-4-7-10-13-16-19-22-25-28-30-32-34-36-37-38-39-41-42-44-46-49-52-55-58-61-64-67-70-76(79)82-73-74(72-81-75(78)69-66-63-60-57-54-51-48-27-24-21-18-15-12-9-6-3)83-77(80)71-68-65-62-59-56-53-50-47-45-43-40-35-33-31-29-26-23-20-17-14-11-8-5-2/h9,12,18,21-23,25-27,30-33,36-37,48,54,57,63,66,74H,4-8,10-11,13-17,19-20,24,28-29,34-35,38-47,49-53,55-56,58-62,64-65,67-73H2,1-3H3/b12-9-,21-18-,25-22-,26-23-,32-30-,33-31-,37-36-,48-27-,57-54-,66-63-. The van der Waals surface area contributed by atoms with Gasteiger partial charge in [-0.2, -0.15) is 0 Å². The maximum absolute atomic E-state index is 13.0. The van der Waals surface area contributed by atoms with Gasteiger partial charge in [-0.25, -0.2) is 0 Å². The molecule has 0 fully saturated rings. The summed E-state index contributed by atoms with van der Waals surface area (Å²) in [5, 5.41) is 0. The first kappa shape index (κ1) is 78.8. The smallest absolute Gasteiger partial charge is 0.309 e. The predicted octanol–water partition coefficient (Wildman–Crippen LogP) is 24.3. The molecular formula is C77H130O6. The molecule has 0 saturated heterocycles. The van der Waals surface area contributed by atoms with Crippen LogP contribution in [0.15, 0.2) is 122 Å². The Hall–Kier alpha value is -4.19. The van der Waals surface area contributed by atoms with E-state index in [2.05, 4.69) is 130 Å². The largest absolute Gasteiger partial charge is 0.462 e. The number of carbonyl (C=O) groups excluding carboxylic acids is 3. The SMILES string of the molecule is CC/C=C\C/C=C\C/C=C\C/C=C\C/C=C\CC(=O)OCC(COC(=O)CCCCCCCCCCCCCC/C=C\C/C=C\C/C=C\CCCCCCC)OC(=O)CCCCCCCCCCCCC/C=C\C/C=C\CCCCCCC. The van der Waals surface area contributed by atoms with E-state index < -0.39 is 12.1 Å². The molecular weight excluding hydrogens is 1020 g/mol. The zero-order chi connectivity index (χ0) is 59.9. The number of carbonyl (C=O) groups is 3. The van der Waals surface area contributed by atoms with Crippen molar-refractivity contribution >= 4 is 17.9 Å². The molecule has 1 atom stereocenters. The Balaban J connectivity index is 4.38. The number of rotatable bonds is 63. The maximum atomic E-state index is 13.0. The van der Waals surface area contributed by atoms with Gasteiger partial charge >= 0.3 is 17.9 Å². The zero-order valence-corrected chi connectivity index (χ0v) is 54.4. The molecule has 0 aliphatic heterocycles. The van der Waals surface area contributed by atoms with Crippen LogP contribution >= 0.6 is 0 Å². The maximum Gasteiger partial charge on any atom is 0.309 e. The monoisotopic (exact) mass is 1150 g/mol. The van der Waals surface area contributed by atoms with Crippen molar-refractivity contribution in [3.8, 4) is 0 Å². The first-order valence-corrected chi connectivity index (χ1v) is 35.0. The van der Waals surface area contributed by atoms with Crippen molar-refractivity contribution in [2.75, 3.05) is 13.2 Å². The highest BCUT2D eigenvalue weighted by Gasteiger charge is 2.19. The van der Waals surface area contributed by atoms with Crippen LogP contribution in [0.3, 0.4) is 0 Å². The first-order chi connectivity index (χ1) is 41.0. The fourth-order valence-corrected chi connectivity index (χ4v) is 9.73. The first-order valence-electron chi connectivity index (χ1n) is 35.0. The minimum atomic E-state index is -0.825. The van der Waals surface area contributed by atoms with Crippen molar-refractivity contribution in [2.24, 2.45) is 0 Å². The third-order valence-corrected chi connectivity index (χ3v) is 15.0. The van der Waals surface area contributed by atoms with E-state index in [1.165, 1.54) is 199 Å². The molecule has 83 heavy (non-hydrogen) atoms. The Morgan fingerprint density at radius 1 is 0.265 bits per heavy atom. The van der Waals surface area contributed by atoms with Gasteiger partial charge in [-0.05, 0) is 116 Å². The molecule has 0 heterocycles. The molecule has 0 aromatic rings. The molecule has 1 unspecified atom stereocenters. The molecule has 0 N–H and O–H groups in total. The predicted molar refractivity (Wildman–Crippen MR) is 362 cm³/mol. The summed E-state index contributed by atoms with van der Waals surface area (Å²) >= 11 is 0. The number of hydrogen-bond donors (Lipinski definition) is 0. The van der Waals surface area contributed by atoms with E-state index in [1.54, 1.807) is 6.08 Å². The molecule has 0 aliphatic rings. The van der Waals surface area contributed by atoms with Crippen molar-refractivity contribution in [3.63, 3.8) is 0 Å². The number of unbranched alkanes of at least 4 members (excludes halogenated alkanes) is 33. The average Bonchev–Trinajstić information content (AvgIpc) is 3.49. The molecule has 0 radical (unpaired) electrons. The van der Waals surface area contributed by atoms with Crippen LogP contribution in [0.1, 0.15) is 329 Å². The second-order valence-electron chi connectivity index (χ2n) is 23.1. The molecule has 0 amide bonds. The summed E-state index contributed by atoms with van der Waals surface area (Å²) in [4.78, 5) is 38.4. The zero-order valence-electron chi connectivity index (χ0n) is 54.4.